The molecule has 0 fully saturated rings. The van der Waals surface area contributed by atoms with Crippen LogP contribution in [0.5, 0.6) is 0 Å². The predicted molar refractivity (Wildman–Crippen MR) is 69.2 cm³/mol. The van der Waals surface area contributed by atoms with Crippen molar-refractivity contribution in [2.24, 2.45) is 0 Å². The van der Waals surface area contributed by atoms with Gasteiger partial charge in [0.15, 0.2) is 0 Å². The molecule has 1 atom stereocenters. The number of aromatic nitrogens is 2. The Bertz CT molecular complexity index is 604. The van der Waals surface area contributed by atoms with Crippen molar-refractivity contribution < 1.29 is 17.6 Å². The first-order valence-electron chi connectivity index (χ1n) is 6.14. The monoisotopic (exact) mass is 308 g/mol. The zero-order valence-corrected chi connectivity index (χ0v) is 11.5. The molecule has 2 rings (SSSR count). The molecular weight excluding hydrogens is 296 g/mol. The first-order valence-corrected chi connectivity index (χ1v) is 6.58. The van der Waals surface area contributed by atoms with E-state index < -0.39 is 23.8 Å². The third-order valence-corrected chi connectivity index (χ3v) is 3.13. The molecule has 1 heterocycles. The van der Waals surface area contributed by atoms with Crippen LogP contribution >= 0.6 is 11.6 Å². The normalized spacial score (nSPS) is 13.9. The summed E-state index contributed by atoms with van der Waals surface area (Å²) in [6, 6.07) is 4.01. The Morgan fingerprint density at radius 3 is 2.65 bits per heavy atom. The zero-order valence-electron chi connectivity index (χ0n) is 10.7. The zero-order chi connectivity index (χ0) is 14.9. The van der Waals surface area contributed by atoms with Gasteiger partial charge in [0.25, 0.3) is 0 Å². The molecule has 0 N–H and O–H groups in total. The van der Waals surface area contributed by atoms with Crippen LogP contribution in [0.4, 0.5) is 17.6 Å². The van der Waals surface area contributed by atoms with Gasteiger partial charge in [-0.05, 0) is 25.5 Å². The van der Waals surface area contributed by atoms with Gasteiger partial charge in [0, 0.05) is 19.0 Å². The lowest BCUT2D eigenvalue weighted by atomic mass is 10.2. The maximum Gasteiger partial charge on any atom is 0.389 e. The molecule has 1 aromatic carbocycles. The van der Waals surface area contributed by atoms with Gasteiger partial charge in [-0.15, -0.1) is 11.6 Å². The van der Waals surface area contributed by atoms with Crippen molar-refractivity contribution in [1.82, 2.24) is 9.55 Å². The summed E-state index contributed by atoms with van der Waals surface area (Å²) >= 11 is 5.99. The van der Waals surface area contributed by atoms with Crippen LogP contribution in [0.3, 0.4) is 0 Å². The Morgan fingerprint density at radius 1 is 1.35 bits per heavy atom. The van der Waals surface area contributed by atoms with Gasteiger partial charge in [0.05, 0.1) is 16.4 Å². The maximum absolute atomic E-state index is 13.2. The number of halogens is 5. The molecule has 2 aromatic rings. The number of imidazole rings is 1. The fourth-order valence-electron chi connectivity index (χ4n) is 2.10. The van der Waals surface area contributed by atoms with Crippen LogP contribution < -0.4 is 0 Å². The van der Waals surface area contributed by atoms with E-state index in [0.29, 0.717) is 16.9 Å². The van der Waals surface area contributed by atoms with Crippen molar-refractivity contribution in [3.63, 3.8) is 0 Å². The van der Waals surface area contributed by atoms with Gasteiger partial charge in [-0.1, -0.05) is 0 Å². The minimum absolute atomic E-state index is 0.0665. The molecule has 0 radical (unpaired) electrons. The second kappa shape index (κ2) is 5.60. The fourth-order valence-corrected chi connectivity index (χ4v) is 2.26. The molecule has 0 spiro atoms. The summed E-state index contributed by atoms with van der Waals surface area (Å²) in [6.07, 6.45) is -5.12. The van der Waals surface area contributed by atoms with Gasteiger partial charge in [-0.3, -0.25) is 0 Å². The van der Waals surface area contributed by atoms with Gasteiger partial charge in [0.1, 0.15) is 11.6 Å². The van der Waals surface area contributed by atoms with Crippen LogP contribution in [0.1, 0.15) is 31.0 Å². The highest BCUT2D eigenvalue weighted by atomic mass is 35.5. The Labute approximate surface area is 118 Å². The van der Waals surface area contributed by atoms with E-state index in [1.807, 2.05) is 0 Å². The summed E-state index contributed by atoms with van der Waals surface area (Å²) in [5, 5.41) is -0.462. The van der Waals surface area contributed by atoms with E-state index in [1.165, 1.54) is 18.2 Å². The number of benzene rings is 1. The number of fused-ring (bicyclic) bond motifs is 1. The van der Waals surface area contributed by atoms with E-state index in [1.54, 1.807) is 11.5 Å². The molecule has 1 aromatic heterocycles. The fraction of sp³-hybridized carbons (Fsp3) is 0.462. The lowest BCUT2D eigenvalue weighted by molar-refractivity contribution is -0.135. The van der Waals surface area contributed by atoms with E-state index in [-0.39, 0.29) is 13.0 Å². The van der Waals surface area contributed by atoms with Crippen LogP contribution in [0.25, 0.3) is 11.0 Å². The average molecular weight is 309 g/mol. The van der Waals surface area contributed by atoms with Crippen LogP contribution in [-0.4, -0.2) is 15.7 Å². The largest absolute Gasteiger partial charge is 0.389 e. The molecule has 2 nitrogen and oxygen atoms in total. The molecule has 0 bridgehead atoms. The van der Waals surface area contributed by atoms with E-state index in [4.69, 9.17) is 11.6 Å². The Balaban J connectivity index is 2.32. The summed E-state index contributed by atoms with van der Waals surface area (Å²) in [5.74, 6) is 0.0145. The Kier molecular flexibility index (Phi) is 4.22. The lowest BCUT2D eigenvalue weighted by Gasteiger charge is -2.11. The molecule has 110 valence electrons. The molecule has 0 amide bonds. The number of nitrogens with zero attached hydrogens (tertiary/aromatic N) is 2. The van der Waals surface area contributed by atoms with E-state index >= 15 is 0 Å². The SMILES string of the molecule is CC(Cl)c1nc2cc(F)ccc2n1CCCC(F)(F)F. The molecule has 0 saturated heterocycles. The van der Waals surface area contributed by atoms with Crippen molar-refractivity contribution in [3.8, 4) is 0 Å². The third-order valence-electron chi connectivity index (χ3n) is 2.94. The molecule has 0 aliphatic carbocycles. The summed E-state index contributed by atoms with van der Waals surface area (Å²) in [7, 11) is 0. The molecule has 0 aliphatic heterocycles. The third kappa shape index (κ3) is 3.42. The molecule has 0 aliphatic rings. The first-order chi connectivity index (χ1) is 9.28. The quantitative estimate of drug-likeness (QED) is 0.585. The van der Waals surface area contributed by atoms with Crippen molar-refractivity contribution in [2.45, 2.75) is 37.9 Å². The summed E-state index contributed by atoms with van der Waals surface area (Å²) in [4.78, 5) is 4.20. The first kappa shape index (κ1) is 15.1. The van der Waals surface area contributed by atoms with Gasteiger partial charge in [0.2, 0.25) is 0 Å². The number of hydrogen-bond acceptors (Lipinski definition) is 1. The maximum atomic E-state index is 13.2. The van der Waals surface area contributed by atoms with Gasteiger partial charge in [-0.2, -0.15) is 13.2 Å². The number of rotatable bonds is 4. The minimum Gasteiger partial charge on any atom is -0.327 e. The predicted octanol–water partition coefficient (Wildman–Crippen LogP) is 4.82. The molecule has 7 heteroatoms. The van der Waals surface area contributed by atoms with Crippen molar-refractivity contribution in [3.05, 3.63) is 29.8 Å². The van der Waals surface area contributed by atoms with Crippen molar-refractivity contribution >= 4 is 22.6 Å². The van der Waals surface area contributed by atoms with E-state index in [9.17, 15) is 17.6 Å². The van der Waals surface area contributed by atoms with E-state index in [2.05, 4.69) is 4.98 Å². The smallest absolute Gasteiger partial charge is 0.327 e. The van der Waals surface area contributed by atoms with Crippen LogP contribution in [0, 0.1) is 5.82 Å². The van der Waals surface area contributed by atoms with Crippen LogP contribution in [-0.2, 0) is 6.54 Å². The molecule has 20 heavy (non-hydrogen) atoms. The molecule has 1 unspecified atom stereocenters. The number of aryl methyl sites for hydroxylation is 1. The van der Waals surface area contributed by atoms with Crippen LogP contribution in [0.2, 0.25) is 0 Å². The molecule has 0 saturated carbocycles. The number of hydrogen-bond donors (Lipinski definition) is 0. The van der Waals surface area contributed by atoms with Gasteiger partial charge < -0.3 is 4.57 Å². The Hall–Kier alpha value is -1.30. The topological polar surface area (TPSA) is 17.8 Å². The van der Waals surface area contributed by atoms with E-state index in [0.717, 1.165) is 0 Å². The lowest BCUT2D eigenvalue weighted by Crippen LogP contribution is -2.11. The average Bonchev–Trinajstić information content (AvgIpc) is 2.66. The minimum atomic E-state index is -4.19. The van der Waals surface area contributed by atoms with Crippen molar-refractivity contribution in [2.75, 3.05) is 0 Å². The summed E-state index contributed by atoms with van der Waals surface area (Å²) in [5.41, 5.74) is 0.996. The second-order valence-electron chi connectivity index (χ2n) is 4.59. The standard InChI is InChI=1S/C13H13ClF4N2/c1-8(14)12-19-10-7-9(15)3-4-11(10)20(12)6-2-5-13(16,17)18/h3-4,7-8H,2,5-6H2,1H3. The van der Waals surface area contributed by atoms with Gasteiger partial charge >= 0.3 is 6.18 Å². The van der Waals surface area contributed by atoms with Crippen molar-refractivity contribution in [1.29, 1.82) is 0 Å². The van der Waals surface area contributed by atoms with Gasteiger partial charge in [-0.25, -0.2) is 9.37 Å². The Morgan fingerprint density at radius 2 is 2.05 bits per heavy atom. The number of alkyl halides is 4. The highest BCUT2D eigenvalue weighted by molar-refractivity contribution is 6.20. The van der Waals surface area contributed by atoms with Crippen LogP contribution in [0.15, 0.2) is 18.2 Å². The highest BCUT2D eigenvalue weighted by Crippen LogP contribution is 2.27. The molecular formula is C13H13ClF4N2. The summed E-state index contributed by atoms with van der Waals surface area (Å²) in [6.45, 7) is 1.83. The highest BCUT2D eigenvalue weighted by Gasteiger charge is 2.26. The summed E-state index contributed by atoms with van der Waals surface area (Å²) < 4.78 is 51.4. The second-order valence-corrected chi connectivity index (χ2v) is 5.24.